The van der Waals surface area contributed by atoms with Crippen LogP contribution in [0.15, 0.2) is 18.2 Å². The highest BCUT2D eigenvalue weighted by Gasteiger charge is 2.57. The van der Waals surface area contributed by atoms with Crippen LogP contribution >= 0.6 is 0 Å². The molecule has 0 bridgehead atoms. The molecule has 1 heterocycles. The zero-order chi connectivity index (χ0) is 13.0. The van der Waals surface area contributed by atoms with Crippen LogP contribution in [-0.2, 0) is 0 Å². The van der Waals surface area contributed by atoms with Crippen LogP contribution in [0.4, 0.5) is 0 Å². The highest BCUT2D eigenvalue weighted by Crippen LogP contribution is 2.58. The third kappa shape index (κ3) is 1.68. The van der Waals surface area contributed by atoms with E-state index in [1.54, 1.807) is 0 Å². The average molecular weight is 259 g/mol. The predicted octanol–water partition coefficient (Wildman–Crippen LogP) is 3.04. The van der Waals surface area contributed by atoms with Crippen molar-refractivity contribution >= 4 is 0 Å². The van der Waals surface area contributed by atoms with Gasteiger partial charge in [-0.25, -0.2) is 0 Å². The van der Waals surface area contributed by atoms with Gasteiger partial charge in [-0.2, -0.15) is 0 Å². The van der Waals surface area contributed by atoms with E-state index in [1.165, 1.54) is 24.8 Å². The predicted molar refractivity (Wildman–Crippen MR) is 73.3 cm³/mol. The summed E-state index contributed by atoms with van der Waals surface area (Å²) < 4.78 is 10.8. The Morgan fingerprint density at radius 2 is 2.05 bits per heavy atom. The fourth-order valence-electron chi connectivity index (χ4n) is 3.73. The van der Waals surface area contributed by atoms with Crippen molar-refractivity contribution in [2.75, 3.05) is 6.79 Å². The first kappa shape index (κ1) is 11.6. The van der Waals surface area contributed by atoms with Crippen molar-refractivity contribution in [3.63, 3.8) is 0 Å². The minimum absolute atomic E-state index is 0.0127. The molecular formula is C16H21NO2. The quantitative estimate of drug-likeness (QED) is 0.907. The highest BCUT2D eigenvalue weighted by molar-refractivity contribution is 5.48. The lowest BCUT2D eigenvalue weighted by Crippen LogP contribution is -2.39. The molecule has 0 amide bonds. The maximum Gasteiger partial charge on any atom is 0.231 e. The minimum atomic E-state index is 0.0127. The number of benzene rings is 1. The highest BCUT2D eigenvalue weighted by atomic mass is 16.7. The molecule has 2 saturated carbocycles. The monoisotopic (exact) mass is 259 g/mol. The Bertz CT molecular complexity index is 511. The van der Waals surface area contributed by atoms with Gasteiger partial charge in [-0.3, -0.25) is 0 Å². The first-order valence-corrected chi connectivity index (χ1v) is 7.37. The SMILES string of the molecule is CC(C1CCC1)C1(N)CC1c1ccc2c(c1)OCO2. The van der Waals surface area contributed by atoms with Gasteiger partial charge in [0.1, 0.15) is 0 Å². The van der Waals surface area contributed by atoms with E-state index in [1.807, 2.05) is 6.07 Å². The van der Waals surface area contributed by atoms with Crippen LogP contribution in [0, 0.1) is 11.8 Å². The van der Waals surface area contributed by atoms with Crippen molar-refractivity contribution in [3.05, 3.63) is 23.8 Å². The molecule has 1 aromatic rings. The van der Waals surface area contributed by atoms with Crippen LogP contribution in [0.5, 0.6) is 11.5 Å². The molecular weight excluding hydrogens is 238 g/mol. The molecule has 3 heteroatoms. The Balaban J connectivity index is 1.55. The van der Waals surface area contributed by atoms with Gasteiger partial charge in [-0.15, -0.1) is 0 Å². The van der Waals surface area contributed by atoms with E-state index in [0.717, 1.165) is 23.8 Å². The molecule has 4 rings (SSSR count). The van der Waals surface area contributed by atoms with Gasteiger partial charge in [0.2, 0.25) is 6.79 Å². The second kappa shape index (κ2) is 3.89. The normalized spacial score (nSPS) is 33.9. The van der Waals surface area contributed by atoms with Crippen molar-refractivity contribution in [2.24, 2.45) is 17.6 Å². The van der Waals surface area contributed by atoms with Crippen LogP contribution in [0.2, 0.25) is 0 Å². The third-order valence-electron chi connectivity index (χ3n) is 5.55. The van der Waals surface area contributed by atoms with Crippen molar-refractivity contribution in [3.8, 4) is 11.5 Å². The third-order valence-corrected chi connectivity index (χ3v) is 5.55. The van der Waals surface area contributed by atoms with Crippen molar-refractivity contribution in [1.29, 1.82) is 0 Å². The maximum atomic E-state index is 6.65. The zero-order valence-corrected chi connectivity index (χ0v) is 11.4. The fourth-order valence-corrected chi connectivity index (χ4v) is 3.73. The number of rotatable bonds is 3. The minimum Gasteiger partial charge on any atom is -0.454 e. The summed E-state index contributed by atoms with van der Waals surface area (Å²) in [5, 5.41) is 0. The summed E-state index contributed by atoms with van der Waals surface area (Å²) in [6.07, 6.45) is 5.24. The van der Waals surface area contributed by atoms with Crippen molar-refractivity contribution in [2.45, 2.75) is 44.1 Å². The second-order valence-electron chi connectivity index (χ2n) is 6.46. The molecule has 102 valence electrons. The summed E-state index contributed by atoms with van der Waals surface area (Å²) in [4.78, 5) is 0. The number of hydrogen-bond donors (Lipinski definition) is 1. The van der Waals surface area contributed by atoms with E-state index in [2.05, 4.69) is 19.1 Å². The molecule has 0 radical (unpaired) electrons. The van der Waals surface area contributed by atoms with Gasteiger partial charge < -0.3 is 15.2 Å². The molecule has 3 nitrogen and oxygen atoms in total. The zero-order valence-electron chi connectivity index (χ0n) is 11.4. The van der Waals surface area contributed by atoms with Crippen LogP contribution < -0.4 is 15.2 Å². The van der Waals surface area contributed by atoms with Crippen molar-refractivity contribution < 1.29 is 9.47 Å². The van der Waals surface area contributed by atoms with E-state index in [-0.39, 0.29) is 5.54 Å². The second-order valence-corrected chi connectivity index (χ2v) is 6.46. The van der Waals surface area contributed by atoms with Gasteiger partial charge >= 0.3 is 0 Å². The molecule has 2 N–H and O–H groups in total. The smallest absolute Gasteiger partial charge is 0.231 e. The summed E-state index contributed by atoms with van der Waals surface area (Å²) in [5.41, 5.74) is 7.98. The lowest BCUT2D eigenvalue weighted by molar-refractivity contribution is 0.174. The van der Waals surface area contributed by atoms with Gasteiger partial charge in [0.05, 0.1) is 0 Å². The summed E-state index contributed by atoms with van der Waals surface area (Å²) in [6, 6.07) is 6.29. The number of hydrogen-bond acceptors (Lipinski definition) is 3. The maximum absolute atomic E-state index is 6.65. The first-order chi connectivity index (χ1) is 9.18. The summed E-state index contributed by atoms with van der Waals surface area (Å²) in [5.74, 6) is 3.72. The van der Waals surface area contributed by atoms with Gasteiger partial charge in [0.15, 0.2) is 11.5 Å². The Labute approximate surface area is 114 Å². The van der Waals surface area contributed by atoms with Gasteiger partial charge in [0.25, 0.3) is 0 Å². The molecule has 19 heavy (non-hydrogen) atoms. The van der Waals surface area contributed by atoms with Crippen LogP contribution in [0.25, 0.3) is 0 Å². The Hall–Kier alpha value is -1.22. The first-order valence-electron chi connectivity index (χ1n) is 7.37. The lowest BCUT2D eigenvalue weighted by Gasteiger charge is -2.36. The summed E-state index contributed by atoms with van der Waals surface area (Å²) in [7, 11) is 0. The molecule has 3 unspecified atom stereocenters. The topological polar surface area (TPSA) is 44.5 Å². The van der Waals surface area contributed by atoms with Crippen LogP contribution in [0.1, 0.15) is 44.1 Å². The number of nitrogens with two attached hydrogens (primary N) is 1. The lowest BCUT2D eigenvalue weighted by atomic mass is 9.72. The molecule has 2 fully saturated rings. The fraction of sp³-hybridized carbons (Fsp3) is 0.625. The van der Waals surface area contributed by atoms with Gasteiger partial charge in [-0.1, -0.05) is 32.3 Å². The molecule has 0 saturated heterocycles. The molecule has 3 aliphatic rings. The molecule has 1 aliphatic heterocycles. The largest absolute Gasteiger partial charge is 0.454 e. The molecule has 3 atom stereocenters. The van der Waals surface area contributed by atoms with Crippen LogP contribution in [0.3, 0.4) is 0 Å². The number of fused-ring (bicyclic) bond motifs is 1. The molecule has 2 aliphatic carbocycles. The number of ether oxygens (including phenoxy) is 2. The molecule has 0 aromatic heterocycles. The van der Waals surface area contributed by atoms with Gasteiger partial charge in [0, 0.05) is 11.5 Å². The van der Waals surface area contributed by atoms with Crippen molar-refractivity contribution in [1.82, 2.24) is 0 Å². The standard InChI is InChI=1S/C16H21NO2/c1-10(11-3-2-4-11)16(17)8-13(16)12-5-6-14-15(7-12)19-9-18-14/h5-7,10-11,13H,2-4,8-9,17H2,1H3. The summed E-state index contributed by atoms with van der Waals surface area (Å²) >= 11 is 0. The van der Waals surface area contributed by atoms with E-state index in [4.69, 9.17) is 15.2 Å². The van der Waals surface area contributed by atoms with Gasteiger partial charge in [-0.05, 0) is 36.0 Å². The molecule has 0 spiro atoms. The van der Waals surface area contributed by atoms with E-state index >= 15 is 0 Å². The average Bonchev–Trinajstić information content (AvgIpc) is 2.84. The Morgan fingerprint density at radius 3 is 2.79 bits per heavy atom. The Morgan fingerprint density at radius 1 is 1.26 bits per heavy atom. The Kier molecular flexibility index (Phi) is 2.37. The molecule has 1 aromatic carbocycles. The van der Waals surface area contributed by atoms with E-state index in [0.29, 0.717) is 18.6 Å². The van der Waals surface area contributed by atoms with E-state index in [9.17, 15) is 0 Å². The van der Waals surface area contributed by atoms with Crippen LogP contribution in [-0.4, -0.2) is 12.3 Å². The summed E-state index contributed by atoms with van der Waals surface area (Å²) in [6.45, 7) is 2.69. The van der Waals surface area contributed by atoms with E-state index < -0.39 is 0 Å².